The van der Waals surface area contributed by atoms with Crippen molar-refractivity contribution < 1.29 is 14.6 Å². The van der Waals surface area contributed by atoms with E-state index in [1.807, 2.05) is 54.6 Å². The van der Waals surface area contributed by atoms with Crippen LogP contribution in [0.2, 0.25) is 0 Å². The van der Waals surface area contributed by atoms with Crippen molar-refractivity contribution in [3.05, 3.63) is 71.8 Å². The second kappa shape index (κ2) is 6.57. The van der Waals surface area contributed by atoms with Gasteiger partial charge >= 0.3 is 5.97 Å². The first-order chi connectivity index (χ1) is 9.65. The Morgan fingerprint density at radius 2 is 1.75 bits per heavy atom. The van der Waals surface area contributed by atoms with E-state index < -0.39 is 5.97 Å². The van der Waals surface area contributed by atoms with Crippen molar-refractivity contribution in [3.63, 3.8) is 0 Å². The lowest BCUT2D eigenvalue weighted by molar-refractivity contribution is -0.131. The van der Waals surface area contributed by atoms with Crippen LogP contribution in [0.5, 0.6) is 5.75 Å². The minimum absolute atomic E-state index is 0.518. The van der Waals surface area contributed by atoms with Gasteiger partial charge in [-0.1, -0.05) is 42.5 Å². The molecule has 3 nitrogen and oxygen atoms in total. The molecule has 0 heterocycles. The summed E-state index contributed by atoms with van der Waals surface area (Å²) in [5.41, 5.74) is 2.70. The van der Waals surface area contributed by atoms with E-state index in [1.54, 1.807) is 6.92 Å². The number of rotatable bonds is 5. The molecule has 0 saturated heterocycles. The number of hydrogen-bond donors (Lipinski definition) is 1. The molecule has 2 aromatic rings. The van der Waals surface area contributed by atoms with Gasteiger partial charge in [-0.15, -0.1) is 0 Å². The maximum Gasteiger partial charge on any atom is 0.328 e. The summed E-state index contributed by atoms with van der Waals surface area (Å²) in [7, 11) is 0. The van der Waals surface area contributed by atoms with Crippen molar-refractivity contribution in [2.45, 2.75) is 13.5 Å². The van der Waals surface area contributed by atoms with Crippen LogP contribution in [0.3, 0.4) is 0 Å². The summed E-state index contributed by atoms with van der Waals surface area (Å²) in [6.07, 6.45) is 1.19. The predicted molar refractivity (Wildman–Crippen MR) is 78.5 cm³/mol. The number of carboxylic acids is 1. The third-order valence-electron chi connectivity index (χ3n) is 2.90. The second-order valence-corrected chi connectivity index (χ2v) is 4.46. The number of ether oxygens (including phenoxy) is 1. The van der Waals surface area contributed by atoms with Crippen LogP contribution in [0.4, 0.5) is 0 Å². The van der Waals surface area contributed by atoms with Crippen LogP contribution in [0.25, 0.3) is 5.57 Å². The summed E-state index contributed by atoms with van der Waals surface area (Å²) in [6.45, 7) is 2.29. The largest absolute Gasteiger partial charge is 0.489 e. The fourth-order valence-corrected chi connectivity index (χ4v) is 1.82. The molecule has 0 aromatic heterocycles. The van der Waals surface area contributed by atoms with E-state index in [9.17, 15) is 4.79 Å². The fourth-order valence-electron chi connectivity index (χ4n) is 1.82. The molecule has 20 heavy (non-hydrogen) atoms. The number of allylic oxidation sites excluding steroid dienone is 1. The highest BCUT2D eigenvalue weighted by Gasteiger charge is 2.00. The quantitative estimate of drug-likeness (QED) is 0.840. The number of carbonyl (C=O) groups is 1. The average Bonchev–Trinajstić information content (AvgIpc) is 2.46. The topological polar surface area (TPSA) is 46.5 Å². The third-order valence-corrected chi connectivity index (χ3v) is 2.90. The molecular formula is C17H16O3. The molecule has 3 heteroatoms. The minimum Gasteiger partial charge on any atom is -0.489 e. The Morgan fingerprint density at radius 3 is 2.35 bits per heavy atom. The Labute approximate surface area is 118 Å². The van der Waals surface area contributed by atoms with Crippen LogP contribution in [0, 0.1) is 0 Å². The van der Waals surface area contributed by atoms with Crippen molar-refractivity contribution in [2.24, 2.45) is 0 Å². The van der Waals surface area contributed by atoms with Gasteiger partial charge in [0.1, 0.15) is 12.4 Å². The maximum atomic E-state index is 10.6. The van der Waals surface area contributed by atoms with Gasteiger partial charge in [0, 0.05) is 6.08 Å². The SMILES string of the molecule is C/C(=C\C(=O)O)c1ccc(OCc2ccccc2)cc1. The molecule has 0 atom stereocenters. The zero-order valence-corrected chi connectivity index (χ0v) is 11.2. The number of carboxylic acid groups (broad SMARTS) is 1. The van der Waals surface area contributed by atoms with Gasteiger partial charge in [-0.25, -0.2) is 4.79 Å². The molecule has 0 unspecified atom stereocenters. The smallest absolute Gasteiger partial charge is 0.328 e. The van der Waals surface area contributed by atoms with Gasteiger partial charge in [-0.05, 0) is 35.8 Å². The lowest BCUT2D eigenvalue weighted by Crippen LogP contribution is -1.95. The molecule has 102 valence electrons. The summed E-state index contributed by atoms with van der Waals surface area (Å²) in [5.74, 6) is -0.173. The fraction of sp³-hybridized carbons (Fsp3) is 0.118. The zero-order chi connectivity index (χ0) is 14.4. The predicted octanol–water partition coefficient (Wildman–Crippen LogP) is 3.75. The number of aliphatic carboxylic acids is 1. The van der Waals surface area contributed by atoms with Gasteiger partial charge in [0.05, 0.1) is 0 Å². The van der Waals surface area contributed by atoms with E-state index in [1.165, 1.54) is 6.08 Å². The lowest BCUT2D eigenvalue weighted by Gasteiger charge is -2.07. The van der Waals surface area contributed by atoms with Crippen LogP contribution < -0.4 is 4.74 Å². The Morgan fingerprint density at radius 1 is 1.10 bits per heavy atom. The Balaban J connectivity index is 2.00. The summed E-state index contributed by atoms with van der Waals surface area (Å²) < 4.78 is 5.67. The molecule has 0 saturated carbocycles. The van der Waals surface area contributed by atoms with Gasteiger partial charge in [0.15, 0.2) is 0 Å². The van der Waals surface area contributed by atoms with Crippen molar-refractivity contribution >= 4 is 11.5 Å². The molecule has 0 aliphatic heterocycles. The molecule has 0 aliphatic rings. The molecule has 0 radical (unpaired) electrons. The van der Waals surface area contributed by atoms with Crippen molar-refractivity contribution in [1.29, 1.82) is 0 Å². The molecule has 0 bridgehead atoms. The minimum atomic E-state index is -0.938. The maximum absolute atomic E-state index is 10.6. The molecule has 0 aliphatic carbocycles. The van der Waals surface area contributed by atoms with E-state index in [0.717, 1.165) is 16.9 Å². The molecule has 2 aromatic carbocycles. The highest BCUT2D eigenvalue weighted by molar-refractivity contribution is 5.89. The van der Waals surface area contributed by atoms with Crippen LogP contribution in [0.1, 0.15) is 18.1 Å². The normalized spacial score (nSPS) is 11.2. The summed E-state index contributed by atoms with van der Waals surface area (Å²) >= 11 is 0. The Kier molecular flexibility index (Phi) is 4.56. The van der Waals surface area contributed by atoms with E-state index in [-0.39, 0.29) is 0 Å². The molecule has 0 amide bonds. The standard InChI is InChI=1S/C17H16O3/c1-13(11-17(18)19)15-7-9-16(10-8-15)20-12-14-5-3-2-4-6-14/h2-11H,12H2,1H3,(H,18,19)/b13-11+. The monoisotopic (exact) mass is 268 g/mol. The molecule has 2 rings (SSSR count). The van der Waals surface area contributed by atoms with E-state index in [0.29, 0.717) is 12.2 Å². The first-order valence-electron chi connectivity index (χ1n) is 6.33. The summed E-state index contributed by atoms with van der Waals surface area (Å²) in [4.78, 5) is 10.6. The van der Waals surface area contributed by atoms with Crippen molar-refractivity contribution in [2.75, 3.05) is 0 Å². The lowest BCUT2D eigenvalue weighted by atomic mass is 10.1. The highest BCUT2D eigenvalue weighted by Crippen LogP contribution is 2.19. The molecule has 1 N–H and O–H groups in total. The van der Waals surface area contributed by atoms with Crippen LogP contribution in [-0.4, -0.2) is 11.1 Å². The first kappa shape index (κ1) is 13.9. The average molecular weight is 268 g/mol. The van der Waals surface area contributed by atoms with Crippen LogP contribution in [-0.2, 0) is 11.4 Å². The molecular weight excluding hydrogens is 252 g/mol. The van der Waals surface area contributed by atoms with Gasteiger partial charge in [-0.2, -0.15) is 0 Å². The van der Waals surface area contributed by atoms with Gasteiger partial charge < -0.3 is 9.84 Å². The van der Waals surface area contributed by atoms with Gasteiger partial charge in [0.25, 0.3) is 0 Å². The van der Waals surface area contributed by atoms with Gasteiger partial charge in [0.2, 0.25) is 0 Å². The van der Waals surface area contributed by atoms with Gasteiger partial charge in [-0.3, -0.25) is 0 Å². The second-order valence-electron chi connectivity index (χ2n) is 4.46. The zero-order valence-electron chi connectivity index (χ0n) is 11.2. The highest BCUT2D eigenvalue weighted by atomic mass is 16.5. The Hall–Kier alpha value is -2.55. The third kappa shape index (κ3) is 3.99. The number of hydrogen-bond acceptors (Lipinski definition) is 2. The molecule has 0 spiro atoms. The van der Waals surface area contributed by atoms with E-state index in [4.69, 9.17) is 9.84 Å². The van der Waals surface area contributed by atoms with Crippen molar-refractivity contribution in [3.8, 4) is 5.75 Å². The van der Waals surface area contributed by atoms with E-state index in [2.05, 4.69) is 0 Å². The van der Waals surface area contributed by atoms with Crippen molar-refractivity contribution in [1.82, 2.24) is 0 Å². The summed E-state index contributed by atoms with van der Waals surface area (Å²) in [5, 5.41) is 8.71. The first-order valence-corrected chi connectivity index (χ1v) is 6.33. The number of benzene rings is 2. The van der Waals surface area contributed by atoms with Crippen LogP contribution >= 0.6 is 0 Å². The summed E-state index contributed by atoms with van der Waals surface area (Å²) in [6, 6.07) is 17.3. The Bertz CT molecular complexity index is 598. The molecule has 0 fully saturated rings. The van der Waals surface area contributed by atoms with Crippen LogP contribution in [0.15, 0.2) is 60.7 Å². The van der Waals surface area contributed by atoms with E-state index >= 15 is 0 Å².